The molecule has 0 bridgehead atoms. The fourth-order valence-electron chi connectivity index (χ4n) is 2.85. The smallest absolute Gasteiger partial charge is 0.226 e. The van der Waals surface area contributed by atoms with Gasteiger partial charge in [0.2, 0.25) is 5.95 Å². The van der Waals surface area contributed by atoms with E-state index in [-0.39, 0.29) is 12.6 Å². The molecule has 1 saturated heterocycles. The predicted molar refractivity (Wildman–Crippen MR) is 88.2 cm³/mol. The third-order valence-corrected chi connectivity index (χ3v) is 5.68. The lowest BCUT2D eigenvalue weighted by molar-refractivity contribution is 0.265. The van der Waals surface area contributed by atoms with Crippen LogP contribution in [0.4, 0.5) is 5.95 Å². The van der Waals surface area contributed by atoms with E-state index in [1.807, 2.05) is 12.1 Å². The zero-order chi connectivity index (χ0) is 14.2. The van der Waals surface area contributed by atoms with E-state index in [4.69, 9.17) is 9.97 Å². The predicted octanol–water partition coefficient (Wildman–Crippen LogP) is 3.38. The van der Waals surface area contributed by atoms with E-state index in [2.05, 4.69) is 21.7 Å². The lowest BCUT2D eigenvalue weighted by atomic mass is 10.2. The van der Waals surface area contributed by atoms with Gasteiger partial charge in [0, 0.05) is 6.54 Å². The lowest BCUT2D eigenvalue weighted by Gasteiger charge is -2.23. The second kappa shape index (κ2) is 5.36. The van der Waals surface area contributed by atoms with Crippen molar-refractivity contribution in [3.05, 3.63) is 29.0 Å². The van der Waals surface area contributed by atoms with Crippen molar-refractivity contribution < 1.29 is 5.11 Å². The van der Waals surface area contributed by atoms with Crippen LogP contribution in [0.1, 0.15) is 12.8 Å². The van der Waals surface area contributed by atoms with Crippen LogP contribution in [0.3, 0.4) is 0 Å². The number of thiophene rings is 2. The quantitative estimate of drug-likeness (QED) is 0.804. The molecule has 1 unspecified atom stereocenters. The summed E-state index contributed by atoms with van der Waals surface area (Å²) in [4.78, 5) is 12.8. The molecule has 1 fully saturated rings. The summed E-state index contributed by atoms with van der Waals surface area (Å²) in [6.07, 6.45) is 2.10. The number of aliphatic hydroxyl groups is 1. The monoisotopic (exact) mass is 317 g/mol. The Morgan fingerprint density at radius 2 is 2.19 bits per heavy atom. The third kappa shape index (κ3) is 2.23. The molecule has 0 aromatic carbocycles. The molecule has 1 atom stereocenters. The second-order valence-corrected chi connectivity index (χ2v) is 7.02. The van der Waals surface area contributed by atoms with Gasteiger partial charge in [-0.05, 0) is 35.7 Å². The highest BCUT2D eigenvalue weighted by Crippen LogP contribution is 2.35. The third-order valence-electron chi connectivity index (χ3n) is 3.89. The normalized spacial score (nSPS) is 18.7. The summed E-state index contributed by atoms with van der Waals surface area (Å²) in [5.74, 6) is 0.751. The molecule has 0 amide bonds. The molecule has 0 radical (unpaired) electrons. The van der Waals surface area contributed by atoms with Gasteiger partial charge >= 0.3 is 0 Å². The number of hydrogen-bond donors (Lipinski definition) is 1. The minimum absolute atomic E-state index is 0.150. The summed E-state index contributed by atoms with van der Waals surface area (Å²) in [6, 6.07) is 6.35. The number of aliphatic hydroxyl groups excluding tert-OH is 1. The zero-order valence-electron chi connectivity index (χ0n) is 11.4. The van der Waals surface area contributed by atoms with Crippen molar-refractivity contribution in [3.63, 3.8) is 0 Å². The van der Waals surface area contributed by atoms with Crippen molar-refractivity contribution in [2.24, 2.45) is 0 Å². The van der Waals surface area contributed by atoms with Crippen molar-refractivity contribution in [1.82, 2.24) is 9.97 Å². The van der Waals surface area contributed by atoms with Crippen molar-refractivity contribution >= 4 is 38.8 Å². The van der Waals surface area contributed by atoms with Crippen LogP contribution in [-0.4, -0.2) is 34.3 Å². The molecule has 4 heterocycles. The Kier molecular flexibility index (Phi) is 3.37. The second-order valence-electron chi connectivity index (χ2n) is 5.16. The molecular formula is C15H15N3OS2. The van der Waals surface area contributed by atoms with Crippen molar-refractivity contribution in [3.8, 4) is 10.6 Å². The summed E-state index contributed by atoms with van der Waals surface area (Å²) in [5, 5.41) is 13.7. The highest BCUT2D eigenvalue weighted by molar-refractivity contribution is 7.18. The van der Waals surface area contributed by atoms with Gasteiger partial charge in [-0.3, -0.25) is 0 Å². The van der Waals surface area contributed by atoms with Crippen LogP contribution in [0, 0.1) is 0 Å². The average Bonchev–Trinajstić information content (AvgIpc) is 3.25. The molecule has 21 heavy (non-hydrogen) atoms. The zero-order valence-corrected chi connectivity index (χ0v) is 13.0. The molecule has 3 aromatic heterocycles. The standard InChI is InChI=1S/C15H15N3OS2/c19-9-10-3-1-6-18(10)15-16-11-5-8-21-14(11)13(17-15)12-4-2-7-20-12/h2,4-5,7-8,10,19H,1,3,6,9H2. The van der Waals surface area contributed by atoms with E-state index in [0.29, 0.717) is 0 Å². The van der Waals surface area contributed by atoms with Gasteiger partial charge < -0.3 is 10.0 Å². The van der Waals surface area contributed by atoms with Crippen molar-refractivity contribution in [1.29, 1.82) is 0 Å². The lowest BCUT2D eigenvalue weighted by Crippen LogP contribution is -2.33. The molecule has 0 saturated carbocycles. The van der Waals surface area contributed by atoms with Gasteiger partial charge in [-0.25, -0.2) is 9.97 Å². The molecule has 1 N–H and O–H groups in total. The summed E-state index contributed by atoms with van der Waals surface area (Å²) in [5.41, 5.74) is 2.01. The number of hydrogen-bond acceptors (Lipinski definition) is 6. The largest absolute Gasteiger partial charge is 0.394 e. The molecule has 4 nitrogen and oxygen atoms in total. The Morgan fingerprint density at radius 1 is 1.24 bits per heavy atom. The first-order valence-corrected chi connectivity index (χ1v) is 8.79. The molecule has 0 aliphatic carbocycles. The van der Waals surface area contributed by atoms with Crippen LogP contribution >= 0.6 is 22.7 Å². The van der Waals surface area contributed by atoms with Gasteiger partial charge in [-0.2, -0.15) is 0 Å². The SMILES string of the molecule is OCC1CCCN1c1nc(-c2cccs2)c2sccc2n1. The Labute approximate surface area is 130 Å². The fourth-order valence-corrected chi connectivity index (χ4v) is 4.47. The number of nitrogens with zero attached hydrogens (tertiary/aromatic N) is 3. The molecule has 108 valence electrons. The summed E-state index contributed by atoms with van der Waals surface area (Å²) >= 11 is 3.38. The van der Waals surface area contributed by atoms with E-state index < -0.39 is 0 Å². The van der Waals surface area contributed by atoms with Gasteiger partial charge in [0.15, 0.2) is 0 Å². The Morgan fingerprint density at radius 3 is 3.00 bits per heavy atom. The first-order valence-electron chi connectivity index (χ1n) is 7.03. The maximum Gasteiger partial charge on any atom is 0.226 e. The van der Waals surface area contributed by atoms with Crippen LogP contribution in [0.25, 0.3) is 20.8 Å². The minimum Gasteiger partial charge on any atom is -0.394 e. The topological polar surface area (TPSA) is 49.2 Å². The minimum atomic E-state index is 0.150. The maximum atomic E-state index is 9.53. The maximum absolute atomic E-state index is 9.53. The molecular weight excluding hydrogens is 302 g/mol. The number of rotatable bonds is 3. The molecule has 6 heteroatoms. The molecule has 1 aliphatic heterocycles. The van der Waals surface area contributed by atoms with Gasteiger partial charge in [0.25, 0.3) is 0 Å². The number of fused-ring (bicyclic) bond motifs is 1. The van der Waals surface area contributed by atoms with Crippen molar-refractivity contribution in [2.75, 3.05) is 18.1 Å². The average molecular weight is 317 g/mol. The first-order chi connectivity index (χ1) is 10.4. The Bertz CT molecular complexity index is 753. The highest BCUT2D eigenvalue weighted by atomic mass is 32.1. The van der Waals surface area contributed by atoms with E-state index in [1.165, 1.54) is 4.88 Å². The Hall–Kier alpha value is -1.50. The number of anilines is 1. The van der Waals surface area contributed by atoms with Crippen molar-refractivity contribution in [2.45, 2.75) is 18.9 Å². The Balaban J connectivity index is 1.87. The van der Waals surface area contributed by atoms with Crippen LogP contribution in [0.2, 0.25) is 0 Å². The van der Waals surface area contributed by atoms with Crippen LogP contribution in [0.15, 0.2) is 29.0 Å². The van der Waals surface area contributed by atoms with Gasteiger partial charge in [0.05, 0.1) is 27.7 Å². The summed E-state index contributed by atoms with van der Waals surface area (Å²) < 4.78 is 1.14. The van der Waals surface area contributed by atoms with Crippen LogP contribution in [0.5, 0.6) is 0 Å². The summed E-state index contributed by atoms with van der Waals surface area (Å²) in [7, 11) is 0. The number of aromatic nitrogens is 2. The molecule has 4 rings (SSSR count). The summed E-state index contributed by atoms with van der Waals surface area (Å²) in [6.45, 7) is 1.09. The van der Waals surface area contributed by atoms with E-state index in [9.17, 15) is 5.11 Å². The molecule has 3 aromatic rings. The van der Waals surface area contributed by atoms with E-state index >= 15 is 0 Å². The van der Waals surface area contributed by atoms with Crippen LogP contribution in [-0.2, 0) is 0 Å². The highest BCUT2D eigenvalue weighted by Gasteiger charge is 2.27. The van der Waals surface area contributed by atoms with E-state index in [0.717, 1.165) is 41.2 Å². The molecule has 1 aliphatic rings. The van der Waals surface area contributed by atoms with Gasteiger partial charge in [-0.15, -0.1) is 22.7 Å². The molecule has 0 spiro atoms. The van der Waals surface area contributed by atoms with Gasteiger partial charge in [0.1, 0.15) is 5.69 Å². The van der Waals surface area contributed by atoms with Gasteiger partial charge in [-0.1, -0.05) is 6.07 Å². The van der Waals surface area contributed by atoms with E-state index in [1.54, 1.807) is 22.7 Å². The fraction of sp³-hybridized carbons (Fsp3) is 0.333. The van der Waals surface area contributed by atoms with Crippen LogP contribution < -0.4 is 4.90 Å². The first kappa shape index (κ1) is 13.2.